The van der Waals surface area contributed by atoms with Crippen molar-refractivity contribution in [1.82, 2.24) is 14.5 Å². The van der Waals surface area contributed by atoms with Gasteiger partial charge in [-0.05, 0) is 45.0 Å². The Kier molecular flexibility index (Phi) is 6.79. The molecule has 24 heavy (non-hydrogen) atoms. The topological polar surface area (TPSA) is 69.7 Å². The van der Waals surface area contributed by atoms with Gasteiger partial charge in [0.15, 0.2) is 0 Å². The summed E-state index contributed by atoms with van der Waals surface area (Å²) in [5.41, 5.74) is 0. The third-order valence-corrected chi connectivity index (χ3v) is 7.78. The highest BCUT2D eigenvalue weighted by atomic mass is 32.2. The molecule has 8 heteroatoms. The van der Waals surface area contributed by atoms with Crippen molar-refractivity contribution in [3.05, 3.63) is 17.0 Å². The second-order valence-electron chi connectivity index (χ2n) is 5.96. The molecular formula is C16H27N3O3S2. The average molecular weight is 374 g/mol. The number of likely N-dealkylation sites (N-methyl/N-ethyl adjacent to an activating group) is 1. The summed E-state index contributed by atoms with van der Waals surface area (Å²) in [6.45, 7) is 9.66. The van der Waals surface area contributed by atoms with Gasteiger partial charge in [0.2, 0.25) is 5.91 Å². The van der Waals surface area contributed by atoms with Gasteiger partial charge in [0.05, 0.1) is 0 Å². The lowest BCUT2D eigenvalue weighted by Gasteiger charge is -2.23. The van der Waals surface area contributed by atoms with Crippen molar-refractivity contribution in [3.63, 3.8) is 0 Å². The van der Waals surface area contributed by atoms with E-state index in [9.17, 15) is 13.2 Å². The monoisotopic (exact) mass is 373 g/mol. The molecule has 0 spiro atoms. The Morgan fingerprint density at radius 2 is 2.08 bits per heavy atom. The highest BCUT2D eigenvalue weighted by Gasteiger charge is 2.39. The number of hydrogen-bond acceptors (Lipinski definition) is 5. The first-order valence-corrected chi connectivity index (χ1v) is 10.7. The Hall–Kier alpha value is -0.960. The number of aryl methyl sites for hydroxylation is 1. The maximum Gasteiger partial charge on any atom is 0.253 e. The van der Waals surface area contributed by atoms with Gasteiger partial charge in [0.25, 0.3) is 10.0 Å². The molecule has 1 aromatic heterocycles. The maximum atomic E-state index is 12.8. The summed E-state index contributed by atoms with van der Waals surface area (Å²) in [6, 6.07) is 2.84. The molecule has 1 aliphatic heterocycles. The fraction of sp³-hybridized carbons (Fsp3) is 0.688. The van der Waals surface area contributed by atoms with E-state index in [1.54, 1.807) is 12.1 Å². The molecule has 2 rings (SSSR count). The number of nitrogens with zero attached hydrogens (tertiary/aromatic N) is 2. The van der Waals surface area contributed by atoms with Gasteiger partial charge in [0.1, 0.15) is 10.3 Å². The number of thiophene rings is 1. The molecule has 0 saturated carbocycles. The minimum absolute atomic E-state index is 0.184. The van der Waals surface area contributed by atoms with E-state index in [4.69, 9.17) is 0 Å². The molecule has 0 aromatic carbocycles. The minimum Gasteiger partial charge on any atom is -0.353 e. The standard InChI is InChI=1S/C16H27N3O3S2/c1-4-18(5-2)12-10-17-16(20)14-7-6-11-19(14)24(21,22)15-9-8-13(3)23-15/h8-9,14H,4-7,10-12H2,1-3H3,(H,17,20). The molecule has 1 saturated heterocycles. The van der Waals surface area contributed by atoms with Crippen molar-refractivity contribution < 1.29 is 13.2 Å². The van der Waals surface area contributed by atoms with E-state index >= 15 is 0 Å². The first-order chi connectivity index (χ1) is 11.4. The second-order valence-corrected chi connectivity index (χ2v) is 9.36. The molecule has 0 bridgehead atoms. The summed E-state index contributed by atoms with van der Waals surface area (Å²) >= 11 is 1.25. The largest absolute Gasteiger partial charge is 0.353 e. The lowest BCUT2D eigenvalue weighted by Crippen LogP contribution is -2.47. The quantitative estimate of drug-likeness (QED) is 0.752. The summed E-state index contributed by atoms with van der Waals surface area (Å²) in [4.78, 5) is 15.6. The van der Waals surface area contributed by atoms with Crippen LogP contribution in [0.4, 0.5) is 0 Å². The van der Waals surface area contributed by atoms with Crippen LogP contribution < -0.4 is 5.32 Å². The van der Waals surface area contributed by atoms with Crippen LogP contribution in [0, 0.1) is 6.92 Å². The Bertz CT molecular complexity index is 653. The van der Waals surface area contributed by atoms with Crippen LogP contribution in [0.5, 0.6) is 0 Å². The zero-order valence-corrected chi connectivity index (χ0v) is 16.3. The molecule has 0 aliphatic carbocycles. The number of hydrogen-bond donors (Lipinski definition) is 1. The van der Waals surface area contributed by atoms with Gasteiger partial charge in [-0.15, -0.1) is 11.3 Å². The predicted octanol–water partition coefficient (Wildman–Crippen LogP) is 1.67. The van der Waals surface area contributed by atoms with Crippen molar-refractivity contribution in [3.8, 4) is 0 Å². The van der Waals surface area contributed by atoms with Crippen LogP contribution in [-0.2, 0) is 14.8 Å². The van der Waals surface area contributed by atoms with E-state index in [0.29, 0.717) is 23.7 Å². The Balaban J connectivity index is 2.00. The molecule has 1 unspecified atom stereocenters. The number of amides is 1. The van der Waals surface area contributed by atoms with Crippen molar-refractivity contribution in [2.75, 3.05) is 32.7 Å². The van der Waals surface area contributed by atoms with Gasteiger partial charge in [-0.1, -0.05) is 13.8 Å². The molecule has 136 valence electrons. The van der Waals surface area contributed by atoms with Crippen LogP contribution in [-0.4, -0.2) is 62.3 Å². The number of sulfonamides is 1. The molecule has 1 aromatic rings. The lowest BCUT2D eigenvalue weighted by atomic mass is 10.2. The minimum atomic E-state index is -3.58. The van der Waals surface area contributed by atoms with Crippen molar-refractivity contribution in [2.45, 2.75) is 43.9 Å². The molecule has 1 fully saturated rings. The van der Waals surface area contributed by atoms with Crippen LogP contribution in [0.15, 0.2) is 16.3 Å². The molecule has 1 amide bonds. The summed E-state index contributed by atoms with van der Waals surface area (Å²) < 4.78 is 27.3. The van der Waals surface area contributed by atoms with E-state index in [2.05, 4.69) is 24.1 Å². The first-order valence-electron chi connectivity index (χ1n) is 8.48. The van der Waals surface area contributed by atoms with E-state index in [1.165, 1.54) is 15.6 Å². The van der Waals surface area contributed by atoms with Gasteiger partial charge in [0, 0.05) is 24.5 Å². The van der Waals surface area contributed by atoms with Crippen LogP contribution in [0.25, 0.3) is 0 Å². The fourth-order valence-electron chi connectivity index (χ4n) is 2.95. The maximum absolute atomic E-state index is 12.8. The molecule has 1 aliphatic rings. The average Bonchev–Trinajstić information content (AvgIpc) is 3.20. The highest BCUT2D eigenvalue weighted by Crippen LogP contribution is 2.30. The van der Waals surface area contributed by atoms with Gasteiger partial charge in [-0.3, -0.25) is 4.79 Å². The molecular weight excluding hydrogens is 346 g/mol. The highest BCUT2D eigenvalue weighted by molar-refractivity contribution is 7.91. The fourth-order valence-corrected chi connectivity index (χ4v) is 6.02. The molecule has 0 radical (unpaired) electrons. The lowest BCUT2D eigenvalue weighted by molar-refractivity contribution is -0.124. The van der Waals surface area contributed by atoms with Crippen LogP contribution in [0.3, 0.4) is 0 Å². The predicted molar refractivity (Wildman–Crippen MR) is 96.8 cm³/mol. The third-order valence-electron chi connectivity index (χ3n) is 4.41. The van der Waals surface area contributed by atoms with Gasteiger partial charge >= 0.3 is 0 Å². The summed E-state index contributed by atoms with van der Waals surface area (Å²) in [5.74, 6) is -0.184. The SMILES string of the molecule is CCN(CC)CCNC(=O)C1CCCN1S(=O)(=O)c1ccc(C)s1. The third kappa shape index (κ3) is 4.36. The van der Waals surface area contributed by atoms with Crippen molar-refractivity contribution in [2.24, 2.45) is 0 Å². The Labute approximate surface area is 148 Å². The molecule has 1 N–H and O–H groups in total. The Morgan fingerprint density at radius 1 is 1.38 bits per heavy atom. The first kappa shape index (κ1) is 19.4. The van der Waals surface area contributed by atoms with Crippen molar-refractivity contribution >= 4 is 27.3 Å². The molecule has 1 atom stereocenters. The number of nitrogens with one attached hydrogen (secondary N) is 1. The van der Waals surface area contributed by atoms with Crippen LogP contribution >= 0.6 is 11.3 Å². The van der Waals surface area contributed by atoms with E-state index in [1.807, 2.05) is 6.92 Å². The van der Waals surface area contributed by atoms with Crippen molar-refractivity contribution in [1.29, 1.82) is 0 Å². The number of rotatable bonds is 8. The van der Waals surface area contributed by atoms with Crippen LogP contribution in [0.1, 0.15) is 31.6 Å². The summed E-state index contributed by atoms with van der Waals surface area (Å²) in [6.07, 6.45) is 1.30. The van der Waals surface area contributed by atoms with Gasteiger partial charge < -0.3 is 10.2 Å². The zero-order valence-electron chi connectivity index (χ0n) is 14.6. The Morgan fingerprint density at radius 3 is 2.67 bits per heavy atom. The van der Waals surface area contributed by atoms with E-state index in [0.717, 1.165) is 30.9 Å². The second kappa shape index (κ2) is 8.42. The summed E-state index contributed by atoms with van der Waals surface area (Å²) in [7, 11) is -3.58. The zero-order chi connectivity index (χ0) is 17.7. The van der Waals surface area contributed by atoms with Crippen LogP contribution in [0.2, 0.25) is 0 Å². The van der Waals surface area contributed by atoms with E-state index < -0.39 is 16.1 Å². The van der Waals surface area contributed by atoms with Gasteiger partial charge in [-0.25, -0.2) is 8.42 Å². The summed E-state index contributed by atoms with van der Waals surface area (Å²) in [5, 5.41) is 2.90. The normalized spacial score (nSPS) is 19.1. The van der Waals surface area contributed by atoms with Gasteiger partial charge in [-0.2, -0.15) is 4.31 Å². The molecule has 6 nitrogen and oxygen atoms in total. The molecule has 2 heterocycles. The van der Waals surface area contributed by atoms with E-state index in [-0.39, 0.29) is 5.91 Å². The number of carbonyl (C=O) groups is 1. The smallest absolute Gasteiger partial charge is 0.253 e. The number of carbonyl (C=O) groups excluding carboxylic acids is 1.